The van der Waals surface area contributed by atoms with Gasteiger partial charge in [0.15, 0.2) is 35.1 Å². The topological polar surface area (TPSA) is 112 Å². The number of benzene rings is 1. The zero-order chi connectivity index (χ0) is 23.0. The predicted octanol–water partition coefficient (Wildman–Crippen LogP) is 3.29. The lowest BCUT2D eigenvalue weighted by molar-refractivity contribution is -0.110. The average Bonchev–Trinajstić information content (AvgIpc) is 3.27. The summed E-state index contributed by atoms with van der Waals surface area (Å²) in [4.78, 5) is 14.3. The van der Waals surface area contributed by atoms with Gasteiger partial charge < -0.3 is 14.7 Å². The van der Waals surface area contributed by atoms with Crippen molar-refractivity contribution in [1.29, 1.82) is 0 Å². The predicted molar refractivity (Wildman–Crippen MR) is 115 cm³/mol. The molecule has 0 saturated carbocycles. The molecule has 1 aliphatic heterocycles. The molecular weight excluding hydrogens is 464 g/mol. The van der Waals surface area contributed by atoms with Crippen molar-refractivity contribution in [2.24, 2.45) is 0 Å². The summed E-state index contributed by atoms with van der Waals surface area (Å²) < 4.78 is 44.9. The fraction of sp³-hybridized carbons (Fsp3) is 0.421. The highest BCUT2D eigenvalue weighted by molar-refractivity contribution is 7.33. The van der Waals surface area contributed by atoms with Gasteiger partial charge in [0.05, 0.1) is 6.33 Å². The summed E-state index contributed by atoms with van der Waals surface area (Å²) in [6.45, 7) is 1.08. The van der Waals surface area contributed by atoms with Crippen LogP contribution in [0.25, 0.3) is 11.2 Å². The molecule has 0 amide bonds. The van der Waals surface area contributed by atoms with Gasteiger partial charge >= 0.3 is 8.25 Å². The van der Waals surface area contributed by atoms with Gasteiger partial charge in [-0.1, -0.05) is 18.2 Å². The summed E-state index contributed by atoms with van der Waals surface area (Å²) in [5.41, 5.74) is -0.862. The quantitative estimate of drug-likeness (QED) is 0.398. The highest BCUT2D eigenvalue weighted by Crippen LogP contribution is 2.42. The van der Waals surface area contributed by atoms with Crippen molar-refractivity contribution in [1.82, 2.24) is 19.5 Å². The first-order valence-electron chi connectivity index (χ1n) is 9.60. The van der Waals surface area contributed by atoms with E-state index in [4.69, 9.17) is 25.4 Å². The molecule has 0 aliphatic carbocycles. The molecule has 13 heteroatoms. The van der Waals surface area contributed by atoms with Gasteiger partial charge in [-0.05, 0) is 30.7 Å². The Balaban J connectivity index is 1.53. The molecule has 1 aromatic carbocycles. The molecule has 32 heavy (non-hydrogen) atoms. The maximum Gasteiger partial charge on any atom is 0.750 e. The van der Waals surface area contributed by atoms with Gasteiger partial charge in [0.2, 0.25) is 5.28 Å². The van der Waals surface area contributed by atoms with E-state index in [1.54, 1.807) is 49.3 Å². The van der Waals surface area contributed by atoms with Gasteiger partial charge in [-0.2, -0.15) is 9.97 Å². The molecule has 1 saturated heterocycles. The molecule has 4 rings (SSSR count). The molecule has 0 bridgehead atoms. The minimum Gasteiger partial charge on any atom is -0.387 e. The first kappa shape index (κ1) is 22.8. The molecule has 1 N–H and O–H groups in total. The number of para-hydroxylation sites is 1. The summed E-state index contributed by atoms with van der Waals surface area (Å²) in [5, 5.41) is 10.5. The average molecular weight is 485 g/mol. The summed E-state index contributed by atoms with van der Waals surface area (Å²) in [5.74, 6) is 0.805. The third-order valence-corrected chi connectivity index (χ3v) is 5.91. The fourth-order valence-corrected chi connectivity index (χ4v) is 4.25. The van der Waals surface area contributed by atoms with Crippen molar-refractivity contribution in [2.45, 2.75) is 31.0 Å². The first-order chi connectivity index (χ1) is 15.2. The number of anilines is 1. The van der Waals surface area contributed by atoms with Gasteiger partial charge in [-0.3, -0.25) is 4.57 Å². The lowest BCUT2D eigenvalue weighted by Crippen LogP contribution is -2.42. The minimum atomic E-state index is -2.57. The van der Waals surface area contributed by atoms with Crippen LogP contribution in [0.2, 0.25) is 5.28 Å². The zero-order valence-corrected chi connectivity index (χ0v) is 19.1. The van der Waals surface area contributed by atoms with Crippen LogP contribution in [0.1, 0.15) is 13.2 Å². The van der Waals surface area contributed by atoms with E-state index in [1.807, 2.05) is 0 Å². The molecule has 1 aliphatic rings. The highest BCUT2D eigenvalue weighted by Gasteiger charge is 2.55. The Morgan fingerprint density at radius 3 is 2.75 bits per heavy atom. The number of aliphatic hydroxyl groups is 1. The van der Waals surface area contributed by atoms with E-state index < -0.39 is 32.4 Å². The van der Waals surface area contributed by atoms with E-state index in [1.165, 1.54) is 17.8 Å². The molecule has 170 valence electrons. The summed E-state index contributed by atoms with van der Waals surface area (Å²) in [7, 11) is 0.956. The fourth-order valence-electron chi connectivity index (χ4n) is 3.38. The first-order valence-corrected chi connectivity index (χ1v) is 11.1. The number of ether oxygens (including phenoxy) is 1. The molecule has 10 nitrogen and oxygen atoms in total. The van der Waals surface area contributed by atoms with Crippen LogP contribution in [0.4, 0.5) is 10.2 Å². The van der Waals surface area contributed by atoms with Crippen molar-refractivity contribution >= 4 is 36.8 Å². The standard InChI is InChI=1S/C19H21ClFN5O5P/c1-19(9-29-32(28)31-11-7-5-4-6-8-11)14(27)12(21)17(30-19)26-10-22-13-15(25(2)3)23-18(20)24-16(13)26/h4-8,10,12,14,17,27H,9H2,1-3H3/q+1/t12-,14+,17-,19-/m1/s1. The molecule has 1 unspecified atom stereocenters. The van der Waals surface area contributed by atoms with Crippen molar-refractivity contribution in [3.8, 4) is 5.75 Å². The second kappa shape index (κ2) is 8.84. The van der Waals surface area contributed by atoms with E-state index in [0.717, 1.165) is 0 Å². The Kier molecular flexibility index (Phi) is 6.28. The molecule has 5 atom stereocenters. The number of rotatable bonds is 7. The number of aromatic nitrogens is 4. The van der Waals surface area contributed by atoms with Gasteiger partial charge in [-0.25, -0.2) is 13.9 Å². The number of halogens is 2. The van der Waals surface area contributed by atoms with Gasteiger partial charge in [0.25, 0.3) is 0 Å². The van der Waals surface area contributed by atoms with E-state index in [0.29, 0.717) is 17.1 Å². The Bertz CT molecular complexity index is 1140. The molecule has 1 fully saturated rings. The van der Waals surface area contributed by atoms with Crippen LogP contribution in [0.5, 0.6) is 5.75 Å². The summed E-state index contributed by atoms with van der Waals surface area (Å²) in [6.07, 6.45) is -3.34. The number of imidazole rings is 1. The van der Waals surface area contributed by atoms with Crippen molar-refractivity contribution in [3.05, 3.63) is 41.9 Å². The van der Waals surface area contributed by atoms with Gasteiger partial charge in [0.1, 0.15) is 18.3 Å². The number of aliphatic hydroxyl groups excluding tert-OH is 1. The smallest absolute Gasteiger partial charge is 0.387 e. The zero-order valence-electron chi connectivity index (χ0n) is 17.4. The van der Waals surface area contributed by atoms with Crippen LogP contribution in [0.3, 0.4) is 0 Å². The Morgan fingerprint density at radius 1 is 1.34 bits per heavy atom. The second-order valence-corrected chi connectivity index (χ2v) is 8.87. The SMILES string of the molecule is CN(C)c1nc(Cl)nc2c1ncn2[C@@H]1O[C@](C)(CO[P+](=O)Oc2ccccc2)[C@@H](O)[C@H]1F. The number of fused-ring (bicyclic) bond motifs is 1. The lowest BCUT2D eigenvalue weighted by Gasteiger charge is -2.24. The third-order valence-electron chi connectivity index (χ3n) is 5.04. The Hall–Kier alpha value is -2.43. The van der Waals surface area contributed by atoms with Crippen LogP contribution < -0.4 is 9.42 Å². The monoisotopic (exact) mass is 484 g/mol. The number of alkyl halides is 1. The number of nitrogens with zero attached hydrogens (tertiary/aromatic N) is 5. The van der Waals surface area contributed by atoms with Gasteiger partial charge in [0, 0.05) is 18.7 Å². The molecule has 0 radical (unpaired) electrons. The number of hydrogen-bond donors (Lipinski definition) is 1. The van der Waals surface area contributed by atoms with E-state index >= 15 is 4.39 Å². The third kappa shape index (κ3) is 4.26. The van der Waals surface area contributed by atoms with E-state index in [-0.39, 0.29) is 17.5 Å². The van der Waals surface area contributed by atoms with Crippen LogP contribution >= 0.6 is 19.9 Å². The van der Waals surface area contributed by atoms with Crippen LogP contribution in [0.15, 0.2) is 36.7 Å². The number of hydrogen-bond acceptors (Lipinski definition) is 9. The summed E-state index contributed by atoms with van der Waals surface area (Å²) in [6, 6.07) is 8.45. The Morgan fingerprint density at radius 2 is 2.06 bits per heavy atom. The van der Waals surface area contributed by atoms with Crippen LogP contribution in [-0.4, -0.2) is 63.2 Å². The molecule has 3 heterocycles. The van der Waals surface area contributed by atoms with Crippen LogP contribution in [0, 0.1) is 0 Å². The van der Waals surface area contributed by atoms with E-state index in [9.17, 15) is 9.67 Å². The minimum absolute atomic E-state index is 0.0435. The van der Waals surface area contributed by atoms with Crippen molar-refractivity contribution < 1.29 is 27.8 Å². The largest absolute Gasteiger partial charge is 0.750 e. The summed E-state index contributed by atoms with van der Waals surface area (Å²) >= 11 is 6.04. The normalized spacial score (nSPS) is 25.8. The van der Waals surface area contributed by atoms with Gasteiger partial charge in [-0.15, -0.1) is 4.52 Å². The molecule has 0 spiro atoms. The maximum atomic E-state index is 15.1. The highest BCUT2D eigenvalue weighted by atomic mass is 35.5. The molecular formula is C19H21ClFN5O5P+. The van der Waals surface area contributed by atoms with E-state index in [2.05, 4.69) is 15.0 Å². The van der Waals surface area contributed by atoms with Crippen molar-refractivity contribution in [2.75, 3.05) is 25.6 Å². The molecule has 3 aromatic rings. The molecule has 2 aromatic heterocycles. The Labute approximate surface area is 188 Å². The van der Waals surface area contributed by atoms with Crippen LogP contribution in [-0.2, 0) is 13.8 Å². The second-order valence-electron chi connectivity index (χ2n) is 7.65. The van der Waals surface area contributed by atoms with Crippen molar-refractivity contribution in [3.63, 3.8) is 0 Å². The maximum absolute atomic E-state index is 15.1. The lowest BCUT2D eigenvalue weighted by atomic mass is 9.99.